The van der Waals surface area contributed by atoms with E-state index in [1.54, 1.807) is 0 Å². The third-order valence-electron chi connectivity index (χ3n) is 7.70. The van der Waals surface area contributed by atoms with Gasteiger partial charge in [-0.3, -0.25) is 4.79 Å². The molecule has 25 heavy (non-hydrogen) atoms. The van der Waals surface area contributed by atoms with Crippen molar-refractivity contribution >= 4 is 5.78 Å². The summed E-state index contributed by atoms with van der Waals surface area (Å²) < 4.78 is 0. The van der Waals surface area contributed by atoms with E-state index in [9.17, 15) is 4.79 Å². The van der Waals surface area contributed by atoms with Crippen LogP contribution in [0.4, 0.5) is 0 Å². The lowest BCUT2D eigenvalue weighted by atomic mass is 9.49. The Morgan fingerprint density at radius 3 is 1.48 bits per heavy atom. The van der Waals surface area contributed by atoms with Crippen LogP contribution in [0.2, 0.25) is 0 Å². The van der Waals surface area contributed by atoms with E-state index in [4.69, 9.17) is 0 Å². The van der Waals surface area contributed by atoms with Gasteiger partial charge >= 0.3 is 0 Å². The van der Waals surface area contributed by atoms with Crippen LogP contribution in [-0.4, -0.2) is 5.78 Å². The lowest BCUT2D eigenvalue weighted by Crippen LogP contribution is -2.47. The Kier molecular flexibility index (Phi) is 6.07. The minimum Gasteiger partial charge on any atom is -0.299 e. The highest BCUT2D eigenvalue weighted by Crippen LogP contribution is 2.58. The van der Waals surface area contributed by atoms with Crippen molar-refractivity contribution in [3.05, 3.63) is 0 Å². The maximum Gasteiger partial charge on any atom is 0.144 e. The van der Waals surface area contributed by atoms with Crippen molar-refractivity contribution in [1.29, 1.82) is 0 Å². The van der Waals surface area contributed by atoms with E-state index in [2.05, 4.69) is 83.1 Å². The van der Waals surface area contributed by atoms with Gasteiger partial charge in [-0.2, -0.15) is 0 Å². The number of carbonyl (C=O) groups is 1. The van der Waals surface area contributed by atoms with Gasteiger partial charge in [0.1, 0.15) is 5.78 Å². The highest BCUT2D eigenvalue weighted by molar-refractivity contribution is 5.89. The third kappa shape index (κ3) is 4.89. The highest BCUT2D eigenvalue weighted by Gasteiger charge is 2.49. The molecule has 0 bridgehead atoms. The minimum atomic E-state index is -0.0961. The van der Waals surface area contributed by atoms with Crippen LogP contribution < -0.4 is 0 Å². The fourth-order valence-electron chi connectivity index (χ4n) is 6.16. The Hall–Kier alpha value is -0.330. The molecule has 0 aromatic carbocycles. The number of rotatable bonds is 0. The molecule has 2 aliphatic rings. The monoisotopic (exact) mass is 350 g/mol. The summed E-state index contributed by atoms with van der Waals surface area (Å²) in [5.41, 5.74) is 1.32. The fraction of sp³-hybridized carbons (Fsp3) is 0.958. The minimum absolute atomic E-state index is 0.0961. The van der Waals surface area contributed by atoms with Crippen molar-refractivity contribution in [3.63, 3.8) is 0 Å². The Morgan fingerprint density at radius 2 is 1.12 bits per heavy atom. The molecule has 0 spiro atoms. The maximum absolute atomic E-state index is 11.9. The van der Waals surface area contributed by atoms with Crippen LogP contribution in [0.1, 0.15) is 109 Å². The second-order valence-electron chi connectivity index (χ2n) is 12.7. The lowest BCUT2D eigenvalue weighted by molar-refractivity contribution is -0.141. The lowest BCUT2D eigenvalue weighted by Gasteiger charge is -2.56. The molecule has 148 valence electrons. The van der Waals surface area contributed by atoms with Gasteiger partial charge in [-0.25, -0.2) is 0 Å². The SMILES string of the molecule is CC1CC(C)(C)C(=O)C(C)(C)C1.CC1CC(C)(C)CC(C)(C)C1(C)C. The van der Waals surface area contributed by atoms with Crippen molar-refractivity contribution < 1.29 is 4.79 Å². The number of Topliss-reactive ketones (excluding diaryl/α,β-unsaturated/α-hetero) is 1. The smallest absolute Gasteiger partial charge is 0.144 e. The molecular formula is C24H46O. The Bertz CT molecular complexity index is 470. The average molecular weight is 351 g/mol. The molecule has 0 aliphatic heterocycles. The number of hydrogen-bond donors (Lipinski definition) is 0. The molecule has 0 radical (unpaired) electrons. The number of ketones is 1. The van der Waals surface area contributed by atoms with E-state index < -0.39 is 0 Å². The molecule has 1 unspecified atom stereocenters. The van der Waals surface area contributed by atoms with E-state index in [1.807, 2.05) is 0 Å². The van der Waals surface area contributed by atoms with E-state index in [1.165, 1.54) is 12.8 Å². The summed E-state index contributed by atoms with van der Waals surface area (Å²) in [4.78, 5) is 11.9. The fourth-order valence-corrected chi connectivity index (χ4v) is 6.16. The first kappa shape index (κ1) is 22.7. The molecule has 0 saturated heterocycles. The third-order valence-corrected chi connectivity index (χ3v) is 7.70. The first-order chi connectivity index (χ1) is 10.8. The number of carbonyl (C=O) groups excluding carboxylic acids is 1. The molecule has 2 fully saturated rings. The highest BCUT2D eigenvalue weighted by atomic mass is 16.1. The zero-order valence-electron chi connectivity index (χ0n) is 19.4. The summed E-state index contributed by atoms with van der Waals surface area (Å²) in [6.07, 6.45) is 4.84. The summed E-state index contributed by atoms with van der Waals surface area (Å²) >= 11 is 0. The van der Waals surface area contributed by atoms with Gasteiger partial charge in [-0.1, -0.05) is 83.1 Å². The summed E-state index contributed by atoms with van der Waals surface area (Å²) in [6, 6.07) is 0. The van der Waals surface area contributed by atoms with Gasteiger partial charge < -0.3 is 0 Å². The molecular weight excluding hydrogens is 304 g/mol. The summed E-state index contributed by atoms with van der Waals surface area (Å²) in [5.74, 6) is 1.96. The van der Waals surface area contributed by atoms with Crippen molar-refractivity contribution in [3.8, 4) is 0 Å². The number of hydrogen-bond acceptors (Lipinski definition) is 1. The van der Waals surface area contributed by atoms with Crippen molar-refractivity contribution in [2.24, 2.45) is 38.9 Å². The molecule has 0 heterocycles. The van der Waals surface area contributed by atoms with E-state index >= 15 is 0 Å². The van der Waals surface area contributed by atoms with Gasteiger partial charge in [-0.05, 0) is 53.8 Å². The standard InChI is InChI=1S/C13H26.C11H20O/c1-10-8-11(2,3)9-12(4,5)13(10,6)7;1-8-6-10(2,3)9(12)11(4,5)7-8/h10H,8-9H2,1-7H3;8H,6-7H2,1-5H3. The van der Waals surface area contributed by atoms with Gasteiger partial charge in [0.15, 0.2) is 0 Å². The van der Waals surface area contributed by atoms with E-state index in [0.29, 0.717) is 27.9 Å². The molecule has 0 aromatic rings. The summed E-state index contributed by atoms with van der Waals surface area (Å²) in [5, 5.41) is 0. The second kappa shape index (κ2) is 6.68. The van der Waals surface area contributed by atoms with E-state index in [0.717, 1.165) is 18.8 Å². The van der Waals surface area contributed by atoms with Crippen molar-refractivity contribution in [2.75, 3.05) is 0 Å². The topological polar surface area (TPSA) is 17.1 Å². The Morgan fingerprint density at radius 1 is 0.720 bits per heavy atom. The normalized spacial score (nSPS) is 32.5. The van der Waals surface area contributed by atoms with Crippen LogP contribution in [0.25, 0.3) is 0 Å². The van der Waals surface area contributed by atoms with Crippen molar-refractivity contribution in [2.45, 2.75) is 109 Å². The van der Waals surface area contributed by atoms with E-state index in [-0.39, 0.29) is 10.8 Å². The van der Waals surface area contributed by atoms with Gasteiger partial charge in [0.25, 0.3) is 0 Å². The quantitative estimate of drug-likeness (QED) is 0.441. The van der Waals surface area contributed by atoms with Gasteiger partial charge in [0, 0.05) is 10.8 Å². The van der Waals surface area contributed by atoms with Crippen LogP contribution in [0.5, 0.6) is 0 Å². The molecule has 0 N–H and O–H groups in total. The van der Waals surface area contributed by atoms with Gasteiger partial charge in [0.2, 0.25) is 0 Å². The average Bonchev–Trinajstić information content (AvgIpc) is 2.31. The maximum atomic E-state index is 11.9. The predicted octanol–water partition coefficient (Wildman–Crippen LogP) is 7.53. The Balaban J connectivity index is 0.000000251. The first-order valence-electron chi connectivity index (χ1n) is 10.4. The molecule has 1 nitrogen and oxygen atoms in total. The first-order valence-corrected chi connectivity index (χ1v) is 10.4. The van der Waals surface area contributed by atoms with Crippen molar-refractivity contribution in [1.82, 2.24) is 0 Å². The zero-order chi connectivity index (χ0) is 20.1. The molecule has 1 atom stereocenters. The largest absolute Gasteiger partial charge is 0.299 e. The molecule has 2 aliphatic carbocycles. The molecule has 0 amide bonds. The molecule has 2 saturated carbocycles. The summed E-state index contributed by atoms with van der Waals surface area (Å²) in [6.45, 7) is 27.5. The summed E-state index contributed by atoms with van der Waals surface area (Å²) in [7, 11) is 0. The molecule has 0 aromatic heterocycles. The molecule has 2 rings (SSSR count). The second-order valence-corrected chi connectivity index (χ2v) is 12.7. The van der Waals surface area contributed by atoms with Gasteiger partial charge in [-0.15, -0.1) is 0 Å². The molecule has 1 heteroatoms. The van der Waals surface area contributed by atoms with Gasteiger partial charge in [0.05, 0.1) is 0 Å². The van der Waals surface area contributed by atoms with Crippen LogP contribution in [0.15, 0.2) is 0 Å². The van der Waals surface area contributed by atoms with Crippen LogP contribution >= 0.6 is 0 Å². The van der Waals surface area contributed by atoms with Crippen LogP contribution in [-0.2, 0) is 4.79 Å². The zero-order valence-corrected chi connectivity index (χ0v) is 19.4. The van der Waals surface area contributed by atoms with Crippen LogP contribution in [0, 0.1) is 38.9 Å². The van der Waals surface area contributed by atoms with Crippen LogP contribution in [0.3, 0.4) is 0 Å². The Labute approximate surface area is 158 Å². The predicted molar refractivity (Wildman–Crippen MR) is 111 cm³/mol.